The van der Waals surface area contributed by atoms with E-state index in [1.54, 1.807) is 18.2 Å². The molecular weight excluding hydrogens is 529 g/mol. The minimum Gasteiger partial charge on any atom is -0.482 e. The highest BCUT2D eigenvalue weighted by atomic mass is 35.5. The Morgan fingerprint density at radius 2 is 1.87 bits per heavy atom. The van der Waals surface area contributed by atoms with Crippen molar-refractivity contribution < 1.29 is 9.53 Å². The molecule has 0 saturated heterocycles. The maximum atomic E-state index is 12.5. The predicted molar refractivity (Wildman–Crippen MR) is 158 cm³/mol. The highest BCUT2D eigenvalue weighted by molar-refractivity contribution is 6.35. The molecule has 2 aliphatic rings. The average molecular weight is 561 g/mol. The Labute approximate surface area is 239 Å². The molecule has 3 aromatic carbocycles. The van der Waals surface area contributed by atoms with E-state index in [1.807, 2.05) is 18.2 Å². The summed E-state index contributed by atoms with van der Waals surface area (Å²) in [7, 11) is 0. The Balaban J connectivity index is 1.08. The fourth-order valence-corrected chi connectivity index (χ4v) is 6.56. The second-order valence-electron chi connectivity index (χ2n) is 10.6. The number of ether oxygens (including phenoxy) is 1. The van der Waals surface area contributed by atoms with Crippen LogP contribution in [-0.4, -0.2) is 35.0 Å². The molecule has 4 aromatic rings. The first kappa shape index (κ1) is 26.1. The number of anilines is 1. The lowest BCUT2D eigenvalue weighted by molar-refractivity contribution is -0.118. The number of nitrogens with one attached hydrogen (secondary N) is 1. The van der Waals surface area contributed by atoms with Crippen LogP contribution in [0.1, 0.15) is 36.1 Å². The fourth-order valence-electron chi connectivity index (χ4n) is 6.10. The summed E-state index contributed by atoms with van der Waals surface area (Å²) in [6, 6.07) is 24.5. The molecule has 2 heterocycles. The zero-order chi connectivity index (χ0) is 26.8. The molecule has 39 heavy (non-hydrogen) atoms. The molecule has 0 spiro atoms. The molecule has 2 atom stereocenters. The molecule has 200 valence electrons. The van der Waals surface area contributed by atoms with Gasteiger partial charge in [0.05, 0.1) is 10.5 Å². The predicted octanol–water partition coefficient (Wildman–Crippen LogP) is 7.33. The highest BCUT2D eigenvalue weighted by Gasteiger charge is 2.33. The number of carbonyl (C=O) groups is 1. The van der Waals surface area contributed by atoms with Gasteiger partial charge in [0.25, 0.3) is 5.91 Å². The van der Waals surface area contributed by atoms with Crippen molar-refractivity contribution in [2.75, 3.05) is 18.5 Å². The summed E-state index contributed by atoms with van der Waals surface area (Å²) >= 11 is 12.0. The SMILES string of the molecule is O=C(COc1ccc(Cl)cc1Cl)Nc1ccc2nc(CC3CCCC3N3CCc4ccccc4C3)ccc2c1. The zero-order valence-electron chi connectivity index (χ0n) is 21.7. The molecule has 7 heteroatoms. The number of rotatable bonds is 7. The number of nitrogens with zero attached hydrogens (tertiary/aromatic N) is 2. The van der Waals surface area contributed by atoms with Crippen molar-refractivity contribution in [2.45, 2.75) is 44.7 Å². The van der Waals surface area contributed by atoms with Crippen LogP contribution in [-0.2, 0) is 24.2 Å². The lowest BCUT2D eigenvalue weighted by Crippen LogP contribution is -2.41. The second-order valence-corrected chi connectivity index (χ2v) is 11.4. The van der Waals surface area contributed by atoms with Crippen molar-refractivity contribution in [1.29, 1.82) is 0 Å². The van der Waals surface area contributed by atoms with Crippen LogP contribution in [0.15, 0.2) is 72.8 Å². The molecular formula is C32H31Cl2N3O2. The fraction of sp³-hybridized carbons (Fsp3) is 0.312. The molecule has 2 unspecified atom stereocenters. The van der Waals surface area contributed by atoms with Crippen LogP contribution >= 0.6 is 23.2 Å². The van der Waals surface area contributed by atoms with Crippen LogP contribution < -0.4 is 10.1 Å². The van der Waals surface area contributed by atoms with Gasteiger partial charge in [0, 0.05) is 40.9 Å². The van der Waals surface area contributed by atoms with Gasteiger partial charge in [0.2, 0.25) is 0 Å². The number of pyridine rings is 1. The molecule has 1 aliphatic heterocycles. The summed E-state index contributed by atoms with van der Waals surface area (Å²) in [6.07, 6.45) is 5.97. The van der Waals surface area contributed by atoms with Crippen molar-refractivity contribution in [3.63, 3.8) is 0 Å². The Morgan fingerprint density at radius 3 is 2.74 bits per heavy atom. The summed E-state index contributed by atoms with van der Waals surface area (Å²) in [5.41, 5.74) is 5.78. The minimum absolute atomic E-state index is 0.151. The van der Waals surface area contributed by atoms with Crippen molar-refractivity contribution in [3.05, 3.63) is 99.7 Å². The Morgan fingerprint density at radius 1 is 1.00 bits per heavy atom. The monoisotopic (exact) mass is 559 g/mol. The normalized spacial score (nSPS) is 19.1. The highest BCUT2D eigenvalue weighted by Crippen LogP contribution is 2.35. The van der Waals surface area contributed by atoms with Gasteiger partial charge in [-0.2, -0.15) is 0 Å². The molecule has 1 amide bonds. The summed E-state index contributed by atoms with van der Waals surface area (Å²) in [4.78, 5) is 20.1. The minimum atomic E-state index is -0.266. The zero-order valence-corrected chi connectivity index (χ0v) is 23.2. The first-order valence-electron chi connectivity index (χ1n) is 13.6. The second kappa shape index (κ2) is 11.5. The van der Waals surface area contributed by atoms with E-state index in [1.165, 1.54) is 30.4 Å². The summed E-state index contributed by atoms with van der Waals surface area (Å²) in [5, 5.41) is 4.77. The standard InChI is InChI=1S/C32H31Cl2N3O2/c33-25-9-13-31(28(34)18-25)39-20-32(38)36-27-11-12-29-22(16-27)8-10-26(35-29)17-23-6-3-7-30(23)37-15-14-21-4-1-2-5-24(21)19-37/h1-2,4-5,8-13,16,18,23,30H,3,6-7,14-15,17,19-20H2,(H,36,38). The Hall–Kier alpha value is -3.12. The smallest absolute Gasteiger partial charge is 0.262 e. The molecule has 1 fully saturated rings. The Kier molecular flexibility index (Phi) is 7.73. The lowest BCUT2D eigenvalue weighted by Gasteiger charge is -2.36. The third-order valence-corrected chi connectivity index (χ3v) is 8.53. The number of fused-ring (bicyclic) bond motifs is 2. The average Bonchev–Trinajstić information content (AvgIpc) is 3.40. The van der Waals surface area contributed by atoms with Crippen molar-refractivity contribution in [1.82, 2.24) is 9.88 Å². The molecule has 6 rings (SSSR count). The van der Waals surface area contributed by atoms with E-state index >= 15 is 0 Å². The van der Waals surface area contributed by atoms with E-state index in [-0.39, 0.29) is 12.5 Å². The van der Waals surface area contributed by atoms with Crippen molar-refractivity contribution >= 4 is 45.7 Å². The molecule has 1 aliphatic carbocycles. The summed E-state index contributed by atoms with van der Waals surface area (Å²) < 4.78 is 5.54. The number of amides is 1. The van der Waals surface area contributed by atoms with Gasteiger partial charge in [-0.1, -0.05) is 60.0 Å². The number of halogens is 2. The van der Waals surface area contributed by atoms with Gasteiger partial charge in [0.1, 0.15) is 5.75 Å². The van der Waals surface area contributed by atoms with Gasteiger partial charge in [0.15, 0.2) is 6.61 Å². The van der Waals surface area contributed by atoms with Crippen LogP contribution in [0.5, 0.6) is 5.75 Å². The first-order valence-corrected chi connectivity index (χ1v) is 14.4. The molecule has 1 aromatic heterocycles. The van der Waals surface area contributed by atoms with Gasteiger partial charge in [-0.3, -0.25) is 14.7 Å². The number of carbonyl (C=O) groups excluding carboxylic acids is 1. The van der Waals surface area contributed by atoms with Gasteiger partial charge < -0.3 is 10.1 Å². The lowest BCUT2D eigenvalue weighted by atomic mass is 9.92. The van der Waals surface area contributed by atoms with E-state index in [0.717, 1.165) is 42.5 Å². The van der Waals surface area contributed by atoms with Crippen molar-refractivity contribution in [2.24, 2.45) is 5.92 Å². The summed E-state index contributed by atoms with van der Waals surface area (Å²) in [6.45, 7) is 2.06. The van der Waals surface area contributed by atoms with Gasteiger partial charge in [-0.15, -0.1) is 0 Å². The van der Waals surface area contributed by atoms with Gasteiger partial charge in [-0.05, 0) is 85.2 Å². The van der Waals surface area contributed by atoms with E-state index in [9.17, 15) is 4.79 Å². The van der Waals surface area contributed by atoms with E-state index in [2.05, 4.69) is 46.6 Å². The third kappa shape index (κ3) is 6.06. The van der Waals surface area contributed by atoms with Gasteiger partial charge in [-0.25, -0.2) is 0 Å². The maximum Gasteiger partial charge on any atom is 0.262 e. The third-order valence-electron chi connectivity index (χ3n) is 8.00. The quantitative estimate of drug-likeness (QED) is 0.257. The van der Waals surface area contributed by atoms with E-state index in [0.29, 0.717) is 33.4 Å². The van der Waals surface area contributed by atoms with Crippen LogP contribution in [0.4, 0.5) is 5.69 Å². The van der Waals surface area contributed by atoms with Gasteiger partial charge >= 0.3 is 0 Å². The maximum absolute atomic E-state index is 12.5. The molecule has 0 bridgehead atoms. The molecule has 5 nitrogen and oxygen atoms in total. The number of hydrogen-bond acceptors (Lipinski definition) is 4. The first-order chi connectivity index (χ1) is 19.0. The van der Waals surface area contributed by atoms with Crippen molar-refractivity contribution in [3.8, 4) is 5.75 Å². The number of hydrogen-bond donors (Lipinski definition) is 1. The number of benzene rings is 3. The van der Waals surface area contributed by atoms with E-state index in [4.69, 9.17) is 32.9 Å². The summed E-state index contributed by atoms with van der Waals surface area (Å²) in [5.74, 6) is 0.784. The van der Waals surface area contributed by atoms with E-state index < -0.39 is 0 Å². The number of aromatic nitrogens is 1. The molecule has 1 saturated carbocycles. The largest absolute Gasteiger partial charge is 0.482 e. The van der Waals surface area contributed by atoms with Crippen LogP contribution in [0, 0.1) is 5.92 Å². The molecule has 0 radical (unpaired) electrons. The topological polar surface area (TPSA) is 54.5 Å². The van der Waals surface area contributed by atoms with Crippen LogP contribution in [0.25, 0.3) is 10.9 Å². The Bertz CT molecular complexity index is 1510. The molecule has 1 N–H and O–H groups in total. The van der Waals surface area contributed by atoms with Crippen LogP contribution in [0.2, 0.25) is 10.0 Å². The van der Waals surface area contributed by atoms with Crippen LogP contribution in [0.3, 0.4) is 0 Å².